The van der Waals surface area contributed by atoms with E-state index in [1.54, 1.807) is 13.0 Å². The van der Waals surface area contributed by atoms with Gasteiger partial charge in [-0.2, -0.15) is 13.2 Å². The third kappa shape index (κ3) is 2.02. The summed E-state index contributed by atoms with van der Waals surface area (Å²) < 4.78 is 37.4. The molecule has 0 saturated heterocycles. The first-order valence-electron chi connectivity index (χ1n) is 4.87. The van der Waals surface area contributed by atoms with Crippen LogP contribution < -0.4 is 5.56 Å². The number of aromatic amines is 1. The van der Waals surface area contributed by atoms with Crippen LogP contribution in [0, 0.1) is 13.8 Å². The topological polar surface area (TPSA) is 45.8 Å². The van der Waals surface area contributed by atoms with E-state index in [0.717, 1.165) is 11.1 Å². The lowest BCUT2D eigenvalue weighted by Gasteiger charge is -2.07. The zero-order chi connectivity index (χ0) is 12.8. The summed E-state index contributed by atoms with van der Waals surface area (Å²) in [5.74, 6) is 0. The van der Waals surface area contributed by atoms with Crippen LogP contribution in [-0.2, 0) is 6.18 Å². The Balaban J connectivity index is 2.81. The summed E-state index contributed by atoms with van der Waals surface area (Å²) in [4.78, 5) is 16.8. The predicted molar refractivity (Wildman–Crippen MR) is 56.8 cm³/mol. The largest absolute Gasteiger partial charge is 0.438 e. The molecular weight excluding hydrogens is 233 g/mol. The molecule has 0 atom stereocenters. The van der Waals surface area contributed by atoms with Gasteiger partial charge in [0.1, 0.15) is 0 Å². The summed E-state index contributed by atoms with van der Waals surface area (Å²) in [5.41, 5.74) is -0.465. The molecule has 0 saturated carbocycles. The van der Waals surface area contributed by atoms with Crippen molar-refractivity contribution in [1.29, 1.82) is 0 Å². The molecule has 0 amide bonds. The molecule has 1 heterocycles. The van der Waals surface area contributed by atoms with Gasteiger partial charge in [-0.15, -0.1) is 0 Å². The fourth-order valence-corrected chi connectivity index (χ4v) is 1.54. The quantitative estimate of drug-likeness (QED) is 0.771. The monoisotopic (exact) mass is 242 g/mol. The first-order chi connectivity index (χ1) is 7.79. The number of nitrogens with one attached hydrogen (secondary N) is 1. The Hall–Kier alpha value is -1.85. The zero-order valence-electron chi connectivity index (χ0n) is 9.14. The van der Waals surface area contributed by atoms with Crippen LogP contribution >= 0.6 is 0 Å². The molecule has 2 aromatic rings. The number of aryl methyl sites for hydroxylation is 2. The Bertz CT molecular complexity index is 643. The summed E-state index contributed by atoms with van der Waals surface area (Å²) in [6.45, 7) is 3.58. The lowest BCUT2D eigenvalue weighted by molar-refractivity contribution is -0.142. The second-order valence-corrected chi connectivity index (χ2v) is 3.87. The van der Waals surface area contributed by atoms with E-state index in [4.69, 9.17) is 0 Å². The molecule has 0 aliphatic rings. The molecule has 0 aliphatic carbocycles. The van der Waals surface area contributed by atoms with E-state index in [1.165, 1.54) is 6.07 Å². The van der Waals surface area contributed by atoms with Gasteiger partial charge < -0.3 is 4.98 Å². The van der Waals surface area contributed by atoms with Crippen LogP contribution in [0.2, 0.25) is 0 Å². The van der Waals surface area contributed by atoms with Crippen LogP contribution in [0.1, 0.15) is 16.8 Å². The van der Waals surface area contributed by atoms with Gasteiger partial charge in [0.2, 0.25) is 5.69 Å². The predicted octanol–water partition coefficient (Wildman–Crippen LogP) is 2.56. The number of halogens is 3. The summed E-state index contributed by atoms with van der Waals surface area (Å²) in [7, 11) is 0. The number of hydrogen-bond acceptors (Lipinski definition) is 2. The minimum Gasteiger partial charge on any atom is -0.319 e. The van der Waals surface area contributed by atoms with Gasteiger partial charge in [0.15, 0.2) is 0 Å². The van der Waals surface area contributed by atoms with Crippen molar-refractivity contribution in [3.63, 3.8) is 0 Å². The Morgan fingerprint density at radius 1 is 1.18 bits per heavy atom. The zero-order valence-corrected chi connectivity index (χ0v) is 9.14. The highest BCUT2D eigenvalue weighted by atomic mass is 19.4. The molecule has 0 fully saturated rings. The highest BCUT2D eigenvalue weighted by molar-refractivity contribution is 5.76. The van der Waals surface area contributed by atoms with E-state index in [1.807, 2.05) is 6.92 Å². The lowest BCUT2D eigenvalue weighted by Crippen LogP contribution is -2.23. The molecule has 0 radical (unpaired) electrons. The number of fused-ring (bicyclic) bond motifs is 1. The Kier molecular flexibility index (Phi) is 2.45. The average molecular weight is 242 g/mol. The van der Waals surface area contributed by atoms with Gasteiger partial charge in [-0.1, -0.05) is 0 Å². The first kappa shape index (κ1) is 11.6. The van der Waals surface area contributed by atoms with Crippen molar-refractivity contribution in [2.75, 3.05) is 0 Å². The van der Waals surface area contributed by atoms with Crippen LogP contribution in [0.3, 0.4) is 0 Å². The number of nitrogens with zero attached hydrogens (tertiary/aromatic N) is 1. The van der Waals surface area contributed by atoms with Crippen molar-refractivity contribution in [3.05, 3.63) is 39.3 Å². The summed E-state index contributed by atoms with van der Waals surface area (Å²) in [6.07, 6.45) is -4.74. The Morgan fingerprint density at radius 2 is 1.76 bits per heavy atom. The van der Waals surface area contributed by atoms with Crippen molar-refractivity contribution >= 4 is 11.0 Å². The third-order valence-electron chi connectivity index (χ3n) is 2.58. The number of alkyl halides is 3. The highest BCUT2D eigenvalue weighted by Gasteiger charge is 2.36. The third-order valence-corrected chi connectivity index (χ3v) is 2.58. The summed E-state index contributed by atoms with van der Waals surface area (Å²) in [5, 5.41) is 0. The molecule has 17 heavy (non-hydrogen) atoms. The van der Waals surface area contributed by atoms with Gasteiger partial charge in [-0.25, -0.2) is 4.98 Å². The molecule has 0 aliphatic heterocycles. The van der Waals surface area contributed by atoms with E-state index >= 15 is 0 Å². The summed E-state index contributed by atoms with van der Waals surface area (Å²) >= 11 is 0. The molecular formula is C11H9F3N2O. The van der Waals surface area contributed by atoms with Crippen molar-refractivity contribution in [2.24, 2.45) is 0 Å². The van der Waals surface area contributed by atoms with Crippen molar-refractivity contribution in [3.8, 4) is 0 Å². The fraction of sp³-hybridized carbons (Fsp3) is 0.273. The van der Waals surface area contributed by atoms with Gasteiger partial charge in [-0.3, -0.25) is 4.79 Å². The number of hydrogen-bond donors (Lipinski definition) is 1. The average Bonchev–Trinajstić information content (AvgIpc) is 2.18. The molecule has 6 heteroatoms. The smallest absolute Gasteiger partial charge is 0.319 e. The maximum Gasteiger partial charge on any atom is 0.438 e. The van der Waals surface area contributed by atoms with E-state index in [9.17, 15) is 18.0 Å². The number of rotatable bonds is 0. The molecule has 2 rings (SSSR count). The first-order valence-corrected chi connectivity index (χ1v) is 4.87. The maximum absolute atomic E-state index is 12.5. The molecule has 90 valence electrons. The number of aromatic nitrogens is 2. The van der Waals surface area contributed by atoms with Gasteiger partial charge in [0, 0.05) is 0 Å². The second kappa shape index (κ2) is 3.58. The standard InChI is InChI=1S/C11H9F3N2O/c1-5-3-7-8(4-6(5)2)16-10(17)9(15-7)11(12,13)14/h3-4H,1-2H3,(H,16,17). The Morgan fingerprint density at radius 3 is 2.35 bits per heavy atom. The van der Waals surface area contributed by atoms with Crippen LogP contribution in [0.5, 0.6) is 0 Å². The van der Waals surface area contributed by atoms with E-state index < -0.39 is 17.4 Å². The Labute approximate surface area is 94.3 Å². The number of H-pyrrole nitrogens is 1. The van der Waals surface area contributed by atoms with E-state index in [0.29, 0.717) is 5.52 Å². The van der Waals surface area contributed by atoms with Gasteiger partial charge >= 0.3 is 6.18 Å². The van der Waals surface area contributed by atoms with Crippen LogP contribution in [0.15, 0.2) is 16.9 Å². The fourth-order valence-electron chi connectivity index (χ4n) is 1.54. The molecule has 0 unspecified atom stereocenters. The second-order valence-electron chi connectivity index (χ2n) is 3.87. The molecule has 1 N–H and O–H groups in total. The molecule has 3 nitrogen and oxygen atoms in total. The highest BCUT2D eigenvalue weighted by Crippen LogP contribution is 2.26. The SMILES string of the molecule is Cc1cc2nc(C(F)(F)F)c(=O)[nH]c2cc1C. The molecule has 0 spiro atoms. The van der Waals surface area contributed by atoms with Crippen molar-refractivity contribution in [1.82, 2.24) is 9.97 Å². The minimum atomic E-state index is -4.74. The van der Waals surface area contributed by atoms with Crippen LogP contribution in [-0.4, -0.2) is 9.97 Å². The van der Waals surface area contributed by atoms with Crippen LogP contribution in [0.25, 0.3) is 11.0 Å². The maximum atomic E-state index is 12.5. The minimum absolute atomic E-state index is 0.139. The summed E-state index contributed by atoms with van der Waals surface area (Å²) in [6, 6.07) is 3.13. The normalized spacial score (nSPS) is 12.1. The van der Waals surface area contributed by atoms with Gasteiger partial charge in [-0.05, 0) is 37.1 Å². The number of benzene rings is 1. The van der Waals surface area contributed by atoms with Crippen molar-refractivity contribution < 1.29 is 13.2 Å². The van der Waals surface area contributed by atoms with Gasteiger partial charge in [0.25, 0.3) is 5.56 Å². The molecule has 1 aromatic heterocycles. The molecule has 1 aromatic carbocycles. The van der Waals surface area contributed by atoms with Gasteiger partial charge in [0.05, 0.1) is 11.0 Å². The van der Waals surface area contributed by atoms with Crippen LogP contribution in [0.4, 0.5) is 13.2 Å². The lowest BCUT2D eigenvalue weighted by atomic mass is 10.1. The van der Waals surface area contributed by atoms with Crippen molar-refractivity contribution in [2.45, 2.75) is 20.0 Å². The van der Waals surface area contributed by atoms with E-state index in [2.05, 4.69) is 9.97 Å². The van der Waals surface area contributed by atoms with E-state index in [-0.39, 0.29) is 5.52 Å². The molecule has 0 bridgehead atoms.